The first-order chi connectivity index (χ1) is 10.6. The molecule has 0 N–H and O–H groups in total. The Hall–Kier alpha value is -1.86. The molecular formula is C15H17N3O3S. The third-order valence-electron chi connectivity index (χ3n) is 4.10. The van der Waals surface area contributed by atoms with Gasteiger partial charge in [-0.05, 0) is 24.3 Å². The predicted octanol–water partition coefficient (Wildman–Crippen LogP) is 2.54. The molecule has 0 saturated carbocycles. The van der Waals surface area contributed by atoms with Gasteiger partial charge in [0.1, 0.15) is 23.9 Å². The molecule has 0 bridgehead atoms. The second kappa shape index (κ2) is 6.50. The Kier molecular flexibility index (Phi) is 4.44. The summed E-state index contributed by atoms with van der Waals surface area (Å²) < 4.78 is 13.3. The molecule has 1 unspecified atom stereocenters. The number of nitro groups is 1. The summed E-state index contributed by atoms with van der Waals surface area (Å²) in [5, 5.41) is 15.1. The summed E-state index contributed by atoms with van der Waals surface area (Å²) in [6.45, 7) is 0. The first kappa shape index (κ1) is 15.1. The van der Waals surface area contributed by atoms with Crippen LogP contribution in [0.25, 0.3) is 0 Å². The molecular weight excluding hydrogens is 302 g/mol. The van der Waals surface area contributed by atoms with Gasteiger partial charge < -0.3 is 4.55 Å². The topological polar surface area (TPSA) is 84.0 Å². The summed E-state index contributed by atoms with van der Waals surface area (Å²) in [4.78, 5) is 10.5. The molecule has 0 aliphatic carbocycles. The maximum absolute atomic E-state index is 11.6. The van der Waals surface area contributed by atoms with Gasteiger partial charge in [-0.15, -0.1) is 0 Å². The van der Waals surface area contributed by atoms with Gasteiger partial charge in [0.2, 0.25) is 0 Å². The van der Waals surface area contributed by atoms with E-state index in [1.54, 1.807) is 4.68 Å². The summed E-state index contributed by atoms with van der Waals surface area (Å²) in [6.07, 6.45) is 4.47. The lowest BCUT2D eigenvalue weighted by Gasteiger charge is -2.31. The van der Waals surface area contributed by atoms with Crippen LogP contribution >= 0.6 is 0 Å². The van der Waals surface area contributed by atoms with Gasteiger partial charge in [0, 0.05) is 0 Å². The molecule has 6 nitrogen and oxygen atoms in total. The van der Waals surface area contributed by atoms with Crippen LogP contribution in [0.4, 0.5) is 5.69 Å². The van der Waals surface area contributed by atoms with E-state index in [-0.39, 0.29) is 11.7 Å². The fraction of sp³-hybridized carbons (Fsp3) is 0.400. The Morgan fingerprint density at radius 2 is 1.95 bits per heavy atom. The van der Waals surface area contributed by atoms with Gasteiger partial charge in [0.05, 0.1) is 11.0 Å². The van der Waals surface area contributed by atoms with E-state index in [9.17, 15) is 14.7 Å². The van der Waals surface area contributed by atoms with E-state index in [1.165, 1.54) is 12.4 Å². The minimum atomic E-state index is -0.730. The number of hydrogen-bond donors (Lipinski definition) is 0. The van der Waals surface area contributed by atoms with Crippen LogP contribution < -0.4 is 0 Å². The van der Waals surface area contributed by atoms with Crippen LogP contribution in [0.1, 0.15) is 24.4 Å². The Labute approximate surface area is 131 Å². The quantitative estimate of drug-likeness (QED) is 0.492. The maximum atomic E-state index is 11.6. The zero-order valence-electron chi connectivity index (χ0n) is 12.0. The van der Waals surface area contributed by atoms with E-state index < -0.39 is 16.1 Å². The molecule has 0 radical (unpaired) electrons. The highest BCUT2D eigenvalue weighted by Gasteiger charge is 2.32. The monoisotopic (exact) mass is 319 g/mol. The van der Waals surface area contributed by atoms with Crippen LogP contribution in [0.2, 0.25) is 0 Å². The first-order valence-electron chi connectivity index (χ1n) is 7.23. The molecule has 1 atom stereocenters. The number of benzene rings is 1. The average Bonchev–Trinajstić information content (AvgIpc) is 3.00. The zero-order valence-corrected chi connectivity index (χ0v) is 12.8. The molecule has 1 aromatic heterocycles. The number of aromatic nitrogens is 2. The molecule has 3 rings (SSSR count). The van der Waals surface area contributed by atoms with Crippen molar-refractivity contribution >= 4 is 16.9 Å². The van der Waals surface area contributed by atoms with E-state index in [0.717, 1.165) is 18.4 Å². The predicted molar refractivity (Wildman–Crippen MR) is 84.1 cm³/mol. The van der Waals surface area contributed by atoms with Crippen molar-refractivity contribution in [3.05, 3.63) is 58.4 Å². The molecule has 116 valence electrons. The molecule has 1 aliphatic heterocycles. The van der Waals surface area contributed by atoms with Crippen molar-refractivity contribution in [2.75, 3.05) is 11.5 Å². The standard InChI is InChI=1S/C15H17N3O3S/c19-18(20)14-10-16-17(11-14)15(12-4-2-1-3-5-12)13-6-8-22(21)9-7-13/h1-5,10-11,13,15H,6-9H2. The summed E-state index contributed by atoms with van der Waals surface area (Å²) in [7, 11) is 0. The second-order valence-corrected chi connectivity index (χ2v) is 7.17. The lowest BCUT2D eigenvalue weighted by molar-refractivity contribution is -0.385. The summed E-state index contributed by atoms with van der Waals surface area (Å²) in [6, 6.07) is 9.85. The van der Waals surface area contributed by atoms with Crippen LogP contribution in [-0.4, -0.2) is 30.8 Å². The van der Waals surface area contributed by atoms with Crippen molar-refractivity contribution < 1.29 is 9.48 Å². The van der Waals surface area contributed by atoms with Gasteiger partial charge >= 0.3 is 5.69 Å². The Bertz CT molecular complexity index is 638. The zero-order chi connectivity index (χ0) is 15.5. The van der Waals surface area contributed by atoms with E-state index in [2.05, 4.69) is 5.10 Å². The van der Waals surface area contributed by atoms with Crippen LogP contribution in [0.3, 0.4) is 0 Å². The molecule has 7 heteroatoms. The molecule has 1 saturated heterocycles. The molecule has 1 fully saturated rings. The first-order valence-corrected chi connectivity index (χ1v) is 8.72. The SMILES string of the molecule is O=[N+]([O-])c1cnn(C(c2ccccc2)C2CC[S+]([O-])CC2)c1. The summed E-state index contributed by atoms with van der Waals surface area (Å²) in [5.41, 5.74) is 1.08. The van der Waals surface area contributed by atoms with Gasteiger partial charge in [0.15, 0.2) is 0 Å². The van der Waals surface area contributed by atoms with Gasteiger partial charge in [-0.2, -0.15) is 5.10 Å². The lowest BCUT2D eigenvalue weighted by atomic mass is 9.88. The summed E-state index contributed by atoms with van der Waals surface area (Å²) in [5.74, 6) is 1.67. The van der Waals surface area contributed by atoms with Crippen LogP contribution in [0.15, 0.2) is 42.7 Å². The van der Waals surface area contributed by atoms with Gasteiger partial charge in [-0.25, -0.2) is 0 Å². The van der Waals surface area contributed by atoms with Crippen LogP contribution in [0.5, 0.6) is 0 Å². The molecule has 0 spiro atoms. The minimum Gasteiger partial charge on any atom is -0.616 e. The van der Waals surface area contributed by atoms with Crippen molar-refractivity contribution in [1.29, 1.82) is 0 Å². The van der Waals surface area contributed by atoms with Gasteiger partial charge in [-0.3, -0.25) is 14.8 Å². The van der Waals surface area contributed by atoms with Gasteiger partial charge in [0.25, 0.3) is 0 Å². The highest BCUT2D eigenvalue weighted by Crippen LogP contribution is 2.35. The van der Waals surface area contributed by atoms with Gasteiger partial charge in [-0.1, -0.05) is 41.5 Å². The minimum absolute atomic E-state index is 0.000293. The van der Waals surface area contributed by atoms with Crippen LogP contribution in [0, 0.1) is 16.0 Å². The average molecular weight is 319 g/mol. The number of nitrogens with zero attached hydrogens (tertiary/aromatic N) is 3. The van der Waals surface area contributed by atoms with Crippen molar-refractivity contribution in [1.82, 2.24) is 9.78 Å². The Morgan fingerprint density at radius 1 is 1.27 bits per heavy atom. The molecule has 1 aromatic carbocycles. The normalized spacial score (nSPS) is 23.1. The van der Waals surface area contributed by atoms with E-state index in [1.807, 2.05) is 30.3 Å². The van der Waals surface area contributed by atoms with E-state index >= 15 is 0 Å². The highest BCUT2D eigenvalue weighted by atomic mass is 32.2. The van der Waals surface area contributed by atoms with E-state index in [0.29, 0.717) is 17.4 Å². The third kappa shape index (κ3) is 3.15. The summed E-state index contributed by atoms with van der Waals surface area (Å²) >= 11 is -0.730. The fourth-order valence-electron chi connectivity index (χ4n) is 2.99. The molecule has 2 aromatic rings. The number of rotatable bonds is 4. The molecule has 1 aliphatic rings. The molecule has 22 heavy (non-hydrogen) atoms. The lowest BCUT2D eigenvalue weighted by Crippen LogP contribution is -2.30. The largest absolute Gasteiger partial charge is 0.616 e. The Balaban J connectivity index is 1.93. The second-order valence-electron chi connectivity index (χ2n) is 5.48. The third-order valence-corrected chi connectivity index (χ3v) is 5.49. The van der Waals surface area contributed by atoms with Crippen molar-refractivity contribution in [3.63, 3.8) is 0 Å². The Morgan fingerprint density at radius 3 is 2.55 bits per heavy atom. The van der Waals surface area contributed by atoms with Crippen molar-refractivity contribution in [2.24, 2.45) is 5.92 Å². The molecule has 0 amide bonds. The number of hydrogen-bond acceptors (Lipinski definition) is 4. The smallest absolute Gasteiger partial charge is 0.307 e. The van der Waals surface area contributed by atoms with Crippen molar-refractivity contribution in [3.8, 4) is 0 Å². The highest BCUT2D eigenvalue weighted by molar-refractivity contribution is 7.91. The maximum Gasteiger partial charge on any atom is 0.307 e. The van der Waals surface area contributed by atoms with Crippen LogP contribution in [-0.2, 0) is 11.2 Å². The fourth-order valence-corrected chi connectivity index (χ4v) is 4.33. The van der Waals surface area contributed by atoms with E-state index in [4.69, 9.17) is 0 Å². The molecule has 2 heterocycles. The van der Waals surface area contributed by atoms with Crippen molar-refractivity contribution in [2.45, 2.75) is 18.9 Å².